The van der Waals surface area contributed by atoms with Crippen LogP contribution in [-0.4, -0.2) is 31.4 Å². The maximum atomic E-state index is 10.7. The predicted molar refractivity (Wildman–Crippen MR) is 155 cm³/mol. The molecule has 238 valence electrons. The number of rotatable bonds is 5. The molecule has 0 saturated heterocycles. The second-order valence-corrected chi connectivity index (χ2v) is 17.3. The van der Waals surface area contributed by atoms with Gasteiger partial charge in [-0.05, 0) is 67.1 Å². The van der Waals surface area contributed by atoms with E-state index in [0.717, 1.165) is 0 Å². The van der Waals surface area contributed by atoms with E-state index in [-0.39, 0.29) is 47.3 Å². The number of hydrogen-bond donors (Lipinski definition) is 0. The fourth-order valence-corrected chi connectivity index (χ4v) is 8.24. The van der Waals surface area contributed by atoms with Crippen LogP contribution in [-0.2, 0) is 20.2 Å². The van der Waals surface area contributed by atoms with E-state index < -0.39 is 25.7 Å². The van der Waals surface area contributed by atoms with Gasteiger partial charge in [0.25, 0.3) is 0 Å². The first-order valence-corrected chi connectivity index (χ1v) is 19.8. The third-order valence-electron chi connectivity index (χ3n) is 5.02. The summed E-state index contributed by atoms with van der Waals surface area (Å²) in [6.07, 6.45) is 0. The Morgan fingerprint density at radius 3 is 0.933 bits per heavy atom. The number of aryl methyl sites for hydroxylation is 1. The zero-order valence-corrected chi connectivity index (χ0v) is 29.5. The maximum Gasteiger partial charge on any atom is 0.485 e. The molecule has 0 radical (unpaired) electrons. The molecule has 0 unspecified atom stereocenters. The van der Waals surface area contributed by atoms with Crippen molar-refractivity contribution in [2.45, 2.75) is 17.3 Å². The lowest BCUT2D eigenvalue weighted by atomic mass is 10.2. The molecule has 5 rings (SSSR count). The Bertz CT molecular complexity index is 1630. The van der Waals surface area contributed by atoms with Crippen molar-refractivity contribution in [3.63, 3.8) is 0 Å². The van der Waals surface area contributed by atoms with Crippen LogP contribution in [0, 0.1) is 21.2 Å². The van der Waals surface area contributed by atoms with Crippen molar-refractivity contribution in [3.05, 3.63) is 165 Å². The third-order valence-corrected chi connectivity index (χ3v) is 11.9. The van der Waals surface area contributed by atoms with Gasteiger partial charge in [-0.25, -0.2) is 16.8 Å². The Balaban J connectivity index is 0.000000213. The first-order chi connectivity index (χ1) is 21.2. The van der Waals surface area contributed by atoms with Crippen LogP contribution in [0.4, 0.5) is 13.2 Å². The zero-order valence-electron chi connectivity index (χ0n) is 23.5. The summed E-state index contributed by atoms with van der Waals surface area (Å²) in [6, 6.07) is 48.9. The second kappa shape index (κ2) is 19.0. The molecule has 0 heterocycles. The van der Waals surface area contributed by atoms with Gasteiger partial charge in [-0.15, -0.1) is 0 Å². The molecule has 0 aromatic heterocycles. The summed E-state index contributed by atoms with van der Waals surface area (Å²) in [4.78, 5) is -0.139. The van der Waals surface area contributed by atoms with E-state index in [2.05, 4.69) is 121 Å². The summed E-state index contributed by atoms with van der Waals surface area (Å²) in [5, 5.41) is 0. The minimum absolute atomic E-state index is 0.0287. The van der Waals surface area contributed by atoms with Crippen molar-refractivity contribution in [1.82, 2.24) is 0 Å². The minimum Gasteiger partial charge on any atom is -0.744 e. The molecule has 0 bridgehead atoms. The third kappa shape index (κ3) is 15.8. The van der Waals surface area contributed by atoms with Crippen LogP contribution in [0.2, 0.25) is 0 Å². The molecule has 0 spiro atoms. The molecule has 0 amide bonds. The van der Waals surface area contributed by atoms with Crippen LogP contribution < -0.4 is 42.4 Å². The van der Waals surface area contributed by atoms with Crippen molar-refractivity contribution < 1.29 is 81.5 Å². The van der Waals surface area contributed by atoms with Crippen LogP contribution in [0.15, 0.2) is 150 Å². The van der Waals surface area contributed by atoms with Gasteiger partial charge in [0, 0.05) is 0 Å². The van der Waals surface area contributed by atoms with E-state index in [4.69, 9.17) is 13.0 Å². The van der Waals surface area contributed by atoms with E-state index in [9.17, 15) is 26.1 Å². The van der Waals surface area contributed by atoms with E-state index in [1.54, 1.807) is 19.1 Å². The van der Waals surface area contributed by atoms with E-state index >= 15 is 0 Å². The van der Waals surface area contributed by atoms with Crippen molar-refractivity contribution in [1.29, 1.82) is 0 Å². The standard InChI is InChI=1S/2C12H10I.C7H8O3S.CHF3O3S/c2*1-3-7-11(8-4-1)13-12-9-5-2-6-10-12;1-6-4-2-3-5-7(6)11(8,9)10;2-1(3,4)8(5,6)7/h2*1-10H;2-5H,1H3,(H,8,9,10);(H,5,6,7)/q2*+1;;/p-2. The van der Waals surface area contributed by atoms with Gasteiger partial charge in [-0.1, -0.05) is 91.0 Å². The van der Waals surface area contributed by atoms with E-state index in [1.165, 1.54) is 26.4 Å². The molecule has 45 heavy (non-hydrogen) atoms. The van der Waals surface area contributed by atoms with Gasteiger partial charge in [-0.2, -0.15) is 13.2 Å². The van der Waals surface area contributed by atoms with Crippen LogP contribution in [0.25, 0.3) is 0 Å². The number of benzene rings is 5. The molecule has 0 fully saturated rings. The first-order valence-electron chi connectivity index (χ1n) is 12.7. The minimum atomic E-state index is -6.09. The van der Waals surface area contributed by atoms with Gasteiger partial charge in [-0.3, -0.25) is 0 Å². The largest absolute Gasteiger partial charge is 0.744 e. The fourth-order valence-electron chi connectivity index (χ4n) is 3.00. The number of alkyl halides is 3. The van der Waals surface area contributed by atoms with E-state index in [0.29, 0.717) is 5.56 Å². The Hall–Kier alpha value is -2.83. The lowest BCUT2D eigenvalue weighted by Crippen LogP contribution is -3.61. The van der Waals surface area contributed by atoms with Crippen LogP contribution >= 0.6 is 0 Å². The summed E-state index contributed by atoms with van der Waals surface area (Å²) in [7, 11) is -10.4. The molecule has 0 aliphatic heterocycles. The highest BCUT2D eigenvalue weighted by molar-refractivity contribution is 7.86. The monoisotopic (exact) mass is 882 g/mol. The quantitative estimate of drug-likeness (QED) is 0.145. The average molecular weight is 882 g/mol. The van der Waals surface area contributed by atoms with Crippen molar-refractivity contribution >= 4 is 20.2 Å². The van der Waals surface area contributed by atoms with Crippen LogP contribution in [0.5, 0.6) is 0 Å². The maximum absolute atomic E-state index is 10.7. The van der Waals surface area contributed by atoms with E-state index in [1.807, 2.05) is 0 Å². The second-order valence-electron chi connectivity index (χ2n) is 8.49. The Kier molecular flexibility index (Phi) is 16.2. The normalized spacial score (nSPS) is 11.0. The Morgan fingerprint density at radius 1 is 0.489 bits per heavy atom. The molecule has 5 aromatic rings. The summed E-state index contributed by atoms with van der Waals surface area (Å²) in [5.74, 6) is 0. The van der Waals surface area contributed by atoms with Crippen molar-refractivity contribution in [2.24, 2.45) is 0 Å². The molecule has 5 aromatic carbocycles. The number of hydrogen-bond acceptors (Lipinski definition) is 6. The molecule has 0 saturated carbocycles. The highest BCUT2D eigenvalue weighted by Gasteiger charge is 2.36. The van der Waals surface area contributed by atoms with Gasteiger partial charge in [0.05, 0.1) is 4.90 Å². The highest BCUT2D eigenvalue weighted by Crippen LogP contribution is 2.20. The SMILES string of the molecule is Cc1ccccc1S(=O)(=O)[O-].O=S(=O)([O-])C(F)(F)F.c1ccc([I+]c2ccccc2)cc1.c1ccc([I+]c2ccccc2)cc1. The zero-order chi connectivity index (χ0) is 33.3. The van der Waals surface area contributed by atoms with Gasteiger partial charge < -0.3 is 9.11 Å². The molecule has 0 atom stereocenters. The van der Waals surface area contributed by atoms with Crippen molar-refractivity contribution in [2.75, 3.05) is 0 Å². The van der Waals surface area contributed by atoms with Crippen molar-refractivity contribution in [3.8, 4) is 0 Å². The Labute approximate surface area is 282 Å². The molecule has 0 N–H and O–H groups in total. The highest BCUT2D eigenvalue weighted by atomic mass is 127. The molecule has 13 heteroatoms. The fraction of sp³-hybridized carbons (Fsp3) is 0.0625. The summed E-state index contributed by atoms with van der Waals surface area (Å²) >= 11 is 0.0574. The summed E-state index contributed by atoms with van der Waals surface area (Å²) in [6.45, 7) is 1.59. The van der Waals surface area contributed by atoms with Crippen LogP contribution in [0.3, 0.4) is 0 Å². The van der Waals surface area contributed by atoms with Gasteiger partial charge >= 0.3 is 47.9 Å². The topological polar surface area (TPSA) is 114 Å². The molecule has 0 aliphatic rings. The Morgan fingerprint density at radius 2 is 0.733 bits per heavy atom. The average Bonchev–Trinajstić information content (AvgIpc) is 2.99. The molecule has 0 aliphatic carbocycles. The van der Waals surface area contributed by atoms with Crippen LogP contribution in [0.1, 0.15) is 5.56 Å². The predicted octanol–water partition coefficient (Wildman–Crippen LogP) is 0.581. The summed E-state index contributed by atoms with van der Waals surface area (Å²) in [5.41, 5.74) is -5.16. The smallest absolute Gasteiger partial charge is 0.485 e. The molecular weight excluding hydrogens is 855 g/mol. The lowest BCUT2D eigenvalue weighted by molar-refractivity contribution is -0.597. The molecule has 6 nitrogen and oxygen atoms in total. The number of halogens is 5. The molecular formula is C32H27F3I2O6S2. The lowest BCUT2D eigenvalue weighted by Gasteiger charge is -2.08. The summed E-state index contributed by atoms with van der Waals surface area (Å²) < 4.78 is 96.3. The van der Waals surface area contributed by atoms with Gasteiger partial charge in [0.15, 0.2) is 24.4 Å². The first kappa shape index (κ1) is 38.4. The van der Waals surface area contributed by atoms with Gasteiger partial charge in [0.2, 0.25) is 0 Å². The van der Waals surface area contributed by atoms with Gasteiger partial charge in [0.1, 0.15) is 10.1 Å².